The largest absolute Gasteiger partial charge is 0.416 e. The summed E-state index contributed by atoms with van der Waals surface area (Å²) in [4.78, 5) is 13.4. The number of alkyl halides is 3. The minimum Gasteiger partial charge on any atom is -0.324 e. The number of rotatable bonds is 4. The van der Waals surface area contributed by atoms with Crippen molar-refractivity contribution >= 4 is 11.6 Å². The Hall–Kier alpha value is -3.74. The fourth-order valence-electron chi connectivity index (χ4n) is 2.36. The van der Waals surface area contributed by atoms with Gasteiger partial charge in [-0.15, -0.1) is 10.2 Å². The number of nitrogens with zero attached hydrogens (tertiary/aromatic N) is 5. The summed E-state index contributed by atoms with van der Waals surface area (Å²) >= 11 is 0. The molecule has 0 radical (unpaired) electrons. The van der Waals surface area contributed by atoms with E-state index in [2.05, 4.69) is 20.7 Å². The number of tetrazole rings is 1. The number of halogens is 3. The van der Waals surface area contributed by atoms with E-state index in [1.54, 1.807) is 18.2 Å². The molecule has 2 aromatic carbocycles. The first-order valence-electron chi connectivity index (χ1n) is 8.06. The van der Waals surface area contributed by atoms with Crippen LogP contribution in [-0.2, 0) is 11.0 Å². The Morgan fingerprint density at radius 3 is 2.68 bits per heavy atom. The zero-order chi connectivity index (χ0) is 20.3. The molecule has 0 aliphatic rings. The van der Waals surface area contributed by atoms with E-state index in [0.29, 0.717) is 11.3 Å². The number of nitriles is 1. The monoisotopic (exact) mass is 386 g/mol. The number of anilines is 1. The molecule has 1 atom stereocenters. The highest BCUT2D eigenvalue weighted by Gasteiger charge is 2.31. The van der Waals surface area contributed by atoms with Gasteiger partial charge in [0.1, 0.15) is 6.04 Å². The summed E-state index contributed by atoms with van der Waals surface area (Å²) in [5.41, 5.74) is 0.116. The Morgan fingerprint density at radius 1 is 1.21 bits per heavy atom. The van der Waals surface area contributed by atoms with Crippen molar-refractivity contribution in [3.63, 3.8) is 0 Å². The number of amides is 1. The lowest BCUT2D eigenvalue weighted by Gasteiger charge is -2.11. The lowest BCUT2D eigenvalue weighted by Crippen LogP contribution is -2.25. The molecule has 0 fully saturated rings. The van der Waals surface area contributed by atoms with E-state index in [-0.39, 0.29) is 11.4 Å². The van der Waals surface area contributed by atoms with Gasteiger partial charge in [-0.3, -0.25) is 4.79 Å². The van der Waals surface area contributed by atoms with E-state index >= 15 is 0 Å². The molecule has 0 unspecified atom stereocenters. The Labute approximate surface area is 157 Å². The number of aromatic nitrogens is 4. The van der Waals surface area contributed by atoms with E-state index in [0.717, 1.165) is 16.9 Å². The van der Waals surface area contributed by atoms with Gasteiger partial charge in [-0.25, -0.2) is 0 Å². The maximum absolute atomic E-state index is 12.8. The van der Waals surface area contributed by atoms with Crippen molar-refractivity contribution in [3.05, 3.63) is 59.7 Å². The fraction of sp³-hybridized carbons (Fsp3) is 0.167. The molecule has 1 N–H and O–H groups in total. The third-order valence-electron chi connectivity index (χ3n) is 3.86. The Morgan fingerprint density at radius 2 is 1.96 bits per heavy atom. The number of carbonyl (C=O) groups is 1. The highest BCUT2D eigenvalue weighted by Crippen LogP contribution is 2.31. The summed E-state index contributed by atoms with van der Waals surface area (Å²) in [7, 11) is 0. The molecule has 3 rings (SSSR count). The molecule has 0 aliphatic heterocycles. The van der Waals surface area contributed by atoms with Crippen LogP contribution in [0.4, 0.5) is 18.9 Å². The first kappa shape index (κ1) is 19.0. The van der Waals surface area contributed by atoms with Gasteiger partial charge in [-0.1, -0.05) is 18.2 Å². The highest BCUT2D eigenvalue weighted by molar-refractivity contribution is 5.93. The molecule has 0 spiro atoms. The SMILES string of the molecule is C[C@H](C(=O)Nc1cccc(C#N)c1)n1nnc(-c2cccc(C(F)(F)F)c2)n1. The van der Waals surface area contributed by atoms with E-state index < -0.39 is 23.7 Å². The number of benzene rings is 2. The third-order valence-corrected chi connectivity index (χ3v) is 3.86. The van der Waals surface area contributed by atoms with E-state index in [1.165, 1.54) is 25.1 Å². The minimum atomic E-state index is -4.49. The Balaban J connectivity index is 1.78. The summed E-state index contributed by atoms with van der Waals surface area (Å²) in [6, 6.07) is 12.0. The molecule has 7 nitrogen and oxygen atoms in total. The van der Waals surface area contributed by atoms with Crippen molar-refractivity contribution < 1.29 is 18.0 Å². The van der Waals surface area contributed by atoms with Gasteiger partial charge in [0.15, 0.2) is 0 Å². The van der Waals surface area contributed by atoms with Gasteiger partial charge in [-0.2, -0.15) is 23.2 Å². The standard InChI is InChI=1S/C18H13F3N6O/c1-11(17(28)23-15-7-2-4-12(8-15)10-22)27-25-16(24-26-27)13-5-3-6-14(9-13)18(19,20)21/h2-9,11H,1H3,(H,23,28)/t11-/m1/s1. The minimum absolute atomic E-state index is 0.0303. The van der Waals surface area contributed by atoms with Crippen molar-refractivity contribution in [1.29, 1.82) is 5.26 Å². The maximum Gasteiger partial charge on any atom is 0.416 e. The summed E-state index contributed by atoms with van der Waals surface area (Å²) in [5, 5.41) is 23.0. The van der Waals surface area contributed by atoms with Crippen LogP contribution in [0.2, 0.25) is 0 Å². The van der Waals surface area contributed by atoms with Crippen molar-refractivity contribution in [2.75, 3.05) is 5.32 Å². The lowest BCUT2D eigenvalue weighted by atomic mass is 10.1. The van der Waals surface area contributed by atoms with Gasteiger partial charge in [-0.05, 0) is 42.5 Å². The van der Waals surface area contributed by atoms with E-state index in [4.69, 9.17) is 5.26 Å². The first-order chi connectivity index (χ1) is 13.3. The summed E-state index contributed by atoms with van der Waals surface area (Å²) < 4.78 is 38.5. The molecule has 28 heavy (non-hydrogen) atoms. The zero-order valence-electron chi connectivity index (χ0n) is 14.5. The van der Waals surface area contributed by atoms with Gasteiger partial charge < -0.3 is 5.32 Å². The van der Waals surface area contributed by atoms with Gasteiger partial charge in [0.2, 0.25) is 5.82 Å². The van der Waals surface area contributed by atoms with Crippen molar-refractivity contribution in [3.8, 4) is 17.5 Å². The maximum atomic E-state index is 12.8. The van der Waals surface area contributed by atoms with Gasteiger partial charge in [0, 0.05) is 11.3 Å². The molecule has 3 aromatic rings. The normalized spacial score (nSPS) is 12.2. The quantitative estimate of drug-likeness (QED) is 0.741. The molecule has 0 bridgehead atoms. The molecule has 1 amide bonds. The topological polar surface area (TPSA) is 96.5 Å². The molecule has 1 heterocycles. The first-order valence-corrected chi connectivity index (χ1v) is 8.06. The van der Waals surface area contributed by atoms with Crippen LogP contribution in [0.1, 0.15) is 24.1 Å². The van der Waals surface area contributed by atoms with Crippen LogP contribution < -0.4 is 5.32 Å². The van der Waals surface area contributed by atoms with Crippen LogP contribution in [0.15, 0.2) is 48.5 Å². The zero-order valence-corrected chi connectivity index (χ0v) is 14.5. The third kappa shape index (κ3) is 4.15. The fourth-order valence-corrected chi connectivity index (χ4v) is 2.36. The Bertz CT molecular complexity index is 1050. The van der Waals surface area contributed by atoms with Crippen molar-refractivity contribution in [2.45, 2.75) is 19.1 Å². The van der Waals surface area contributed by atoms with Gasteiger partial charge >= 0.3 is 6.18 Å². The molecular weight excluding hydrogens is 373 g/mol. The molecule has 1 aromatic heterocycles. The molecule has 0 saturated carbocycles. The van der Waals surface area contributed by atoms with E-state index in [1.807, 2.05) is 6.07 Å². The summed E-state index contributed by atoms with van der Waals surface area (Å²) in [5.74, 6) is -0.500. The predicted octanol–water partition coefficient (Wildman–Crippen LogP) is 3.43. The van der Waals surface area contributed by atoms with Crippen molar-refractivity contribution in [1.82, 2.24) is 20.2 Å². The van der Waals surface area contributed by atoms with E-state index in [9.17, 15) is 18.0 Å². The summed E-state index contributed by atoms with van der Waals surface area (Å²) in [6.45, 7) is 1.51. The summed E-state index contributed by atoms with van der Waals surface area (Å²) in [6.07, 6.45) is -4.49. The van der Waals surface area contributed by atoms with Crippen LogP contribution in [0.3, 0.4) is 0 Å². The van der Waals surface area contributed by atoms with Crippen molar-refractivity contribution in [2.24, 2.45) is 0 Å². The average molecular weight is 386 g/mol. The smallest absolute Gasteiger partial charge is 0.324 e. The number of nitrogens with one attached hydrogen (secondary N) is 1. The lowest BCUT2D eigenvalue weighted by molar-refractivity contribution is -0.137. The van der Waals surface area contributed by atoms with Crippen LogP contribution in [0, 0.1) is 11.3 Å². The van der Waals surface area contributed by atoms with Crippen LogP contribution in [0.25, 0.3) is 11.4 Å². The molecule has 10 heteroatoms. The van der Waals surface area contributed by atoms with Crippen LogP contribution in [0.5, 0.6) is 0 Å². The molecule has 0 saturated heterocycles. The van der Waals surface area contributed by atoms with Gasteiger partial charge in [0.25, 0.3) is 5.91 Å². The Kier molecular flexibility index (Phi) is 5.08. The number of hydrogen-bond donors (Lipinski definition) is 1. The second-order valence-electron chi connectivity index (χ2n) is 5.87. The molecule has 0 aliphatic carbocycles. The number of hydrogen-bond acceptors (Lipinski definition) is 5. The average Bonchev–Trinajstić information content (AvgIpc) is 3.17. The van der Waals surface area contributed by atoms with Gasteiger partial charge in [0.05, 0.1) is 17.2 Å². The molecule has 142 valence electrons. The second-order valence-corrected chi connectivity index (χ2v) is 5.87. The van der Waals surface area contributed by atoms with Crippen LogP contribution >= 0.6 is 0 Å². The molecular formula is C18H13F3N6O. The van der Waals surface area contributed by atoms with Crippen LogP contribution in [-0.4, -0.2) is 26.1 Å². The number of carbonyl (C=O) groups excluding carboxylic acids is 1. The second kappa shape index (κ2) is 7.48. The highest BCUT2D eigenvalue weighted by atomic mass is 19.4. The predicted molar refractivity (Wildman–Crippen MR) is 92.8 cm³/mol.